The van der Waals surface area contributed by atoms with Crippen LogP contribution in [0.4, 0.5) is 0 Å². The van der Waals surface area contributed by atoms with E-state index in [0.29, 0.717) is 22.2 Å². The van der Waals surface area contributed by atoms with Crippen molar-refractivity contribution < 1.29 is 13.2 Å². The van der Waals surface area contributed by atoms with Crippen LogP contribution in [0, 0.1) is 0 Å². The van der Waals surface area contributed by atoms with Crippen molar-refractivity contribution in [3.05, 3.63) is 59.8 Å². The minimum atomic E-state index is -3.69. The summed E-state index contributed by atoms with van der Waals surface area (Å²) in [5, 5.41) is 0.951. The van der Waals surface area contributed by atoms with Gasteiger partial charge in [-0.25, -0.2) is 12.4 Å². The van der Waals surface area contributed by atoms with E-state index in [1.54, 1.807) is 19.2 Å². The summed E-state index contributed by atoms with van der Waals surface area (Å²) in [5.41, 5.74) is 2.90. The molecule has 0 N–H and O–H groups in total. The van der Waals surface area contributed by atoms with Gasteiger partial charge in [0.05, 0.1) is 17.5 Å². The fourth-order valence-electron chi connectivity index (χ4n) is 4.18. The molecule has 5 nitrogen and oxygen atoms in total. The topological polar surface area (TPSA) is 51.5 Å². The predicted molar refractivity (Wildman–Crippen MR) is 116 cm³/mol. The second-order valence-corrected chi connectivity index (χ2v) is 10.1. The van der Waals surface area contributed by atoms with E-state index in [1.807, 2.05) is 36.5 Å². The Bertz CT molecular complexity index is 1130. The SMILES string of the molecule is COc1ccc2c(c1)c(C1CCN(C)C1)cn2S(=O)(=O)c1ccc(C(C)C)cc1. The number of hydrogen-bond donors (Lipinski definition) is 0. The predicted octanol–water partition coefficient (Wildman–Crippen LogP) is 4.43. The molecule has 0 amide bonds. The van der Waals surface area contributed by atoms with Gasteiger partial charge in [-0.1, -0.05) is 26.0 Å². The minimum Gasteiger partial charge on any atom is -0.497 e. The average molecular weight is 413 g/mol. The van der Waals surface area contributed by atoms with Gasteiger partial charge in [-0.05, 0) is 73.3 Å². The van der Waals surface area contributed by atoms with E-state index in [4.69, 9.17) is 4.74 Å². The van der Waals surface area contributed by atoms with Gasteiger partial charge in [0.25, 0.3) is 10.0 Å². The molecule has 0 aliphatic carbocycles. The number of likely N-dealkylation sites (N-methyl/N-ethyl adjacent to an activating group) is 1. The number of aromatic nitrogens is 1. The lowest BCUT2D eigenvalue weighted by Gasteiger charge is -2.10. The summed E-state index contributed by atoms with van der Waals surface area (Å²) in [6.07, 6.45) is 2.84. The van der Waals surface area contributed by atoms with Crippen LogP contribution in [0.2, 0.25) is 0 Å². The molecule has 1 aliphatic rings. The van der Waals surface area contributed by atoms with Gasteiger partial charge < -0.3 is 9.64 Å². The highest BCUT2D eigenvalue weighted by atomic mass is 32.2. The molecule has 0 saturated carbocycles. The van der Waals surface area contributed by atoms with Crippen molar-refractivity contribution in [3.8, 4) is 5.75 Å². The number of rotatable bonds is 5. The Kier molecular flexibility index (Phi) is 5.17. The highest BCUT2D eigenvalue weighted by molar-refractivity contribution is 7.90. The van der Waals surface area contributed by atoms with E-state index in [-0.39, 0.29) is 0 Å². The van der Waals surface area contributed by atoms with Crippen molar-refractivity contribution in [2.45, 2.75) is 37.0 Å². The molecular formula is C23H28N2O3S. The van der Waals surface area contributed by atoms with Crippen LogP contribution < -0.4 is 4.74 Å². The van der Waals surface area contributed by atoms with Crippen LogP contribution in [0.1, 0.15) is 43.2 Å². The van der Waals surface area contributed by atoms with Gasteiger partial charge >= 0.3 is 0 Å². The molecule has 1 fully saturated rings. The summed E-state index contributed by atoms with van der Waals surface area (Å²) in [6, 6.07) is 12.8. The van der Waals surface area contributed by atoms with Crippen molar-refractivity contribution in [2.24, 2.45) is 0 Å². The maximum Gasteiger partial charge on any atom is 0.268 e. The zero-order chi connectivity index (χ0) is 20.8. The van der Waals surface area contributed by atoms with Crippen LogP contribution in [-0.4, -0.2) is 44.5 Å². The Morgan fingerprint density at radius 1 is 1.10 bits per heavy atom. The standard InChI is InChI=1S/C23H28N2O3S/c1-16(2)17-5-8-20(9-6-17)29(26,27)25-15-22(18-11-12-24(3)14-18)21-13-19(28-4)7-10-23(21)25/h5-10,13,15-16,18H,11-12,14H2,1-4H3. The monoisotopic (exact) mass is 412 g/mol. The molecule has 4 rings (SSSR count). The third-order valence-electron chi connectivity index (χ3n) is 5.94. The average Bonchev–Trinajstić information content (AvgIpc) is 3.31. The van der Waals surface area contributed by atoms with Gasteiger partial charge in [0, 0.05) is 18.1 Å². The Morgan fingerprint density at radius 2 is 1.83 bits per heavy atom. The third kappa shape index (κ3) is 3.55. The number of nitrogens with zero attached hydrogens (tertiary/aromatic N) is 2. The van der Waals surface area contributed by atoms with Gasteiger partial charge in [-0.3, -0.25) is 0 Å². The summed E-state index contributed by atoms with van der Waals surface area (Å²) in [7, 11) is 0.0495. The number of likely N-dealkylation sites (tertiary alicyclic amines) is 1. The lowest BCUT2D eigenvalue weighted by atomic mass is 9.98. The zero-order valence-electron chi connectivity index (χ0n) is 17.4. The Balaban J connectivity index is 1.86. The molecule has 1 aromatic heterocycles. The van der Waals surface area contributed by atoms with Gasteiger partial charge in [0.15, 0.2) is 0 Å². The summed E-state index contributed by atoms with van der Waals surface area (Å²) in [5.74, 6) is 1.41. The van der Waals surface area contributed by atoms with E-state index in [2.05, 4.69) is 25.8 Å². The number of fused-ring (bicyclic) bond motifs is 1. The number of hydrogen-bond acceptors (Lipinski definition) is 4. The summed E-state index contributed by atoms with van der Waals surface area (Å²) >= 11 is 0. The Hall–Kier alpha value is -2.31. The molecule has 0 bridgehead atoms. The molecule has 0 radical (unpaired) electrons. The first-order valence-electron chi connectivity index (χ1n) is 10.0. The number of ether oxygens (including phenoxy) is 1. The third-order valence-corrected chi connectivity index (χ3v) is 7.63. The quantitative estimate of drug-likeness (QED) is 0.622. The van der Waals surface area contributed by atoms with Crippen LogP contribution in [0.5, 0.6) is 5.75 Å². The van der Waals surface area contributed by atoms with Crippen LogP contribution >= 0.6 is 0 Å². The van der Waals surface area contributed by atoms with Crippen molar-refractivity contribution in [1.29, 1.82) is 0 Å². The van der Waals surface area contributed by atoms with Crippen LogP contribution in [0.3, 0.4) is 0 Å². The second-order valence-electron chi connectivity index (χ2n) is 8.24. The molecule has 2 heterocycles. The summed E-state index contributed by atoms with van der Waals surface area (Å²) in [4.78, 5) is 2.59. The fourth-order valence-corrected chi connectivity index (χ4v) is 5.56. The lowest BCUT2D eigenvalue weighted by Crippen LogP contribution is -2.13. The Labute approximate surface area is 173 Å². The van der Waals surface area contributed by atoms with Crippen molar-refractivity contribution in [2.75, 3.05) is 27.2 Å². The maximum atomic E-state index is 13.5. The first-order valence-corrected chi connectivity index (χ1v) is 11.5. The van der Waals surface area contributed by atoms with E-state index in [9.17, 15) is 8.42 Å². The number of benzene rings is 2. The van der Waals surface area contributed by atoms with Gasteiger partial charge in [0.2, 0.25) is 0 Å². The highest BCUT2D eigenvalue weighted by Gasteiger charge is 2.28. The van der Waals surface area contributed by atoms with E-state index in [0.717, 1.165) is 41.8 Å². The smallest absolute Gasteiger partial charge is 0.268 e. The van der Waals surface area contributed by atoms with E-state index in [1.165, 1.54) is 3.97 Å². The molecule has 1 atom stereocenters. The summed E-state index contributed by atoms with van der Waals surface area (Å²) < 4.78 is 33.8. The van der Waals surface area contributed by atoms with Crippen LogP contribution in [0.15, 0.2) is 53.6 Å². The second kappa shape index (κ2) is 7.50. The molecule has 2 aromatic carbocycles. The van der Waals surface area contributed by atoms with Crippen molar-refractivity contribution in [1.82, 2.24) is 8.87 Å². The molecule has 1 saturated heterocycles. The first kappa shape index (κ1) is 20.0. The van der Waals surface area contributed by atoms with Crippen molar-refractivity contribution >= 4 is 20.9 Å². The Morgan fingerprint density at radius 3 is 2.41 bits per heavy atom. The molecule has 1 aliphatic heterocycles. The lowest BCUT2D eigenvalue weighted by molar-refractivity contribution is 0.411. The largest absolute Gasteiger partial charge is 0.497 e. The highest BCUT2D eigenvalue weighted by Crippen LogP contribution is 2.36. The van der Waals surface area contributed by atoms with Crippen LogP contribution in [0.25, 0.3) is 10.9 Å². The molecule has 6 heteroatoms. The van der Waals surface area contributed by atoms with Gasteiger partial charge in [-0.2, -0.15) is 0 Å². The molecule has 29 heavy (non-hydrogen) atoms. The molecule has 0 spiro atoms. The van der Waals surface area contributed by atoms with E-state index >= 15 is 0 Å². The molecule has 154 valence electrons. The fraction of sp³-hybridized carbons (Fsp3) is 0.391. The minimum absolute atomic E-state index is 0.310. The maximum absolute atomic E-state index is 13.5. The van der Waals surface area contributed by atoms with Gasteiger partial charge in [0.1, 0.15) is 5.75 Å². The normalized spacial score (nSPS) is 18.0. The van der Waals surface area contributed by atoms with Gasteiger partial charge in [-0.15, -0.1) is 0 Å². The van der Waals surface area contributed by atoms with E-state index < -0.39 is 10.0 Å². The number of methoxy groups -OCH3 is 1. The van der Waals surface area contributed by atoms with Crippen molar-refractivity contribution in [3.63, 3.8) is 0 Å². The first-order chi connectivity index (χ1) is 13.8. The molecule has 1 unspecified atom stereocenters. The zero-order valence-corrected chi connectivity index (χ0v) is 18.2. The molecular weight excluding hydrogens is 384 g/mol. The van der Waals surface area contributed by atoms with Crippen LogP contribution in [-0.2, 0) is 10.0 Å². The summed E-state index contributed by atoms with van der Waals surface area (Å²) in [6.45, 7) is 6.15. The molecule has 3 aromatic rings.